The highest BCUT2D eigenvalue weighted by Crippen LogP contribution is 2.33. The Hall–Kier alpha value is -1.02. The summed E-state index contributed by atoms with van der Waals surface area (Å²) in [5.41, 5.74) is 7.41. The van der Waals surface area contributed by atoms with Gasteiger partial charge in [-0.1, -0.05) is 18.6 Å². The molecule has 14 heavy (non-hydrogen) atoms. The molecule has 1 saturated carbocycles. The van der Waals surface area contributed by atoms with Crippen molar-refractivity contribution in [2.75, 3.05) is 7.11 Å². The minimum absolute atomic E-state index is 0.350. The Morgan fingerprint density at radius 3 is 2.43 bits per heavy atom. The van der Waals surface area contributed by atoms with Crippen molar-refractivity contribution in [1.82, 2.24) is 0 Å². The average Bonchev–Trinajstić information content (AvgIpc) is 2.65. The van der Waals surface area contributed by atoms with Crippen LogP contribution in [0.2, 0.25) is 0 Å². The zero-order valence-electron chi connectivity index (χ0n) is 8.57. The minimum Gasteiger partial charge on any atom is -0.497 e. The summed E-state index contributed by atoms with van der Waals surface area (Å²) >= 11 is 0. The van der Waals surface area contributed by atoms with Gasteiger partial charge in [0.25, 0.3) is 0 Å². The van der Waals surface area contributed by atoms with Gasteiger partial charge in [-0.3, -0.25) is 0 Å². The molecule has 1 aliphatic rings. The molecule has 0 amide bonds. The summed E-state index contributed by atoms with van der Waals surface area (Å²) in [5.74, 6) is 1.47. The van der Waals surface area contributed by atoms with Gasteiger partial charge in [0.1, 0.15) is 5.75 Å². The van der Waals surface area contributed by atoms with Gasteiger partial charge >= 0.3 is 0 Å². The summed E-state index contributed by atoms with van der Waals surface area (Å²) in [7, 11) is 1.69. The largest absolute Gasteiger partial charge is 0.497 e. The molecule has 1 fully saturated rings. The van der Waals surface area contributed by atoms with Crippen LogP contribution in [-0.4, -0.2) is 13.2 Å². The van der Waals surface area contributed by atoms with Crippen LogP contribution in [0, 0.1) is 0 Å². The first kappa shape index (κ1) is 9.53. The van der Waals surface area contributed by atoms with Gasteiger partial charge in [0.15, 0.2) is 0 Å². The van der Waals surface area contributed by atoms with Crippen molar-refractivity contribution in [3.05, 3.63) is 29.8 Å². The number of ether oxygens (including phenoxy) is 1. The van der Waals surface area contributed by atoms with Gasteiger partial charge in [-0.15, -0.1) is 0 Å². The maximum absolute atomic E-state index is 6.05. The normalized spacial score (nSPS) is 26.4. The summed E-state index contributed by atoms with van der Waals surface area (Å²) in [6.07, 6.45) is 3.65. The van der Waals surface area contributed by atoms with Crippen LogP contribution in [0.3, 0.4) is 0 Å². The summed E-state index contributed by atoms with van der Waals surface area (Å²) in [5, 5.41) is 0. The van der Waals surface area contributed by atoms with Gasteiger partial charge < -0.3 is 10.5 Å². The van der Waals surface area contributed by atoms with E-state index in [9.17, 15) is 0 Å². The van der Waals surface area contributed by atoms with Gasteiger partial charge in [-0.2, -0.15) is 0 Å². The molecule has 1 aromatic carbocycles. The van der Waals surface area contributed by atoms with Crippen molar-refractivity contribution >= 4 is 0 Å². The molecular formula is C12H17NO. The molecule has 2 heteroatoms. The maximum Gasteiger partial charge on any atom is 0.118 e. The van der Waals surface area contributed by atoms with E-state index in [2.05, 4.69) is 12.1 Å². The topological polar surface area (TPSA) is 35.2 Å². The highest BCUT2D eigenvalue weighted by molar-refractivity contribution is 5.30. The second-order valence-electron chi connectivity index (χ2n) is 3.97. The van der Waals surface area contributed by atoms with Crippen molar-refractivity contribution in [2.24, 2.45) is 5.73 Å². The van der Waals surface area contributed by atoms with E-state index in [0.29, 0.717) is 12.0 Å². The van der Waals surface area contributed by atoms with Gasteiger partial charge in [0, 0.05) is 6.04 Å². The van der Waals surface area contributed by atoms with E-state index < -0.39 is 0 Å². The van der Waals surface area contributed by atoms with Crippen LogP contribution < -0.4 is 10.5 Å². The number of methoxy groups -OCH3 is 1. The fourth-order valence-electron chi connectivity index (χ4n) is 2.25. The average molecular weight is 191 g/mol. The lowest BCUT2D eigenvalue weighted by Gasteiger charge is -2.15. The molecule has 0 aromatic heterocycles. The number of benzene rings is 1. The number of hydrogen-bond acceptors (Lipinski definition) is 2. The maximum atomic E-state index is 6.05. The van der Waals surface area contributed by atoms with Gasteiger partial charge in [0.05, 0.1) is 7.11 Å². The van der Waals surface area contributed by atoms with E-state index in [1.807, 2.05) is 12.1 Å². The Kier molecular flexibility index (Phi) is 2.73. The van der Waals surface area contributed by atoms with Crippen LogP contribution in [0.25, 0.3) is 0 Å². The SMILES string of the molecule is COc1ccc(C2CCCC2N)cc1. The smallest absolute Gasteiger partial charge is 0.118 e. The molecule has 2 unspecified atom stereocenters. The Balaban J connectivity index is 2.16. The van der Waals surface area contributed by atoms with E-state index in [1.54, 1.807) is 7.11 Å². The van der Waals surface area contributed by atoms with Crippen LogP contribution in [0.1, 0.15) is 30.7 Å². The standard InChI is InChI=1S/C12H17NO/c1-14-10-7-5-9(6-8-10)11-3-2-4-12(11)13/h5-8,11-12H,2-4,13H2,1H3. The summed E-state index contributed by atoms with van der Waals surface area (Å²) in [6.45, 7) is 0. The predicted octanol–water partition coefficient (Wildman–Crippen LogP) is 2.29. The number of hydrogen-bond donors (Lipinski definition) is 1. The Morgan fingerprint density at radius 2 is 1.93 bits per heavy atom. The molecule has 1 aliphatic carbocycles. The van der Waals surface area contributed by atoms with Crippen molar-refractivity contribution in [1.29, 1.82) is 0 Å². The van der Waals surface area contributed by atoms with E-state index in [-0.39, 0.29) is 0 Å². The molecule has 76 valence electrons. The van der Waals surface area contributed by atoms with Crippen molar-refractivity contribution in [3.63, 3.8) is 0 Å². The summed E-state index contributed by atoms with van der Waals surface area (Å²) in [6, 6.07) is 8.65. The quantitative estimate of drug-likeness (QED) is 0.778. The highest BCUT2D eigenvalue weighted by atomic mass is 16.5. The Labute approximate surface area is 85.1 Å². The molecule has 0 heterocycles. The van der Waals surface area contributed by atoms with Crippen molar-refractivity contribution < 1.29 is 4.74 Å². The molecular weight excluding hydrogens is 174 g/mol. The van der Waals surface area contributed by atoms with Crippen LogP contribution in [-0.2, 0) is 0 Å². The third kappa shape index (κ3) is 1.75. The first-order valence-corrected chi connectivity index (χ1v) is 5.21. The number of rotatable bonds is 2. The lowest BCUT2D eigenvalue weighted by Crippen LogP contribution is -2.22. The molecule has 0 saturated heterocycles. The zero-order valence-corrected chi connectivity index (χ0v) is 8.57. The van der Waals surface area contributed by atoms with Crippen molar-refractivity contribution in [2.45, 2.75) is 31.2 Å². The molecule has 0 aliphatic heterocycles. The molecule has 2 rings (SSSR count). The predicted molar refractivity (Wildman–Crippen MR) is 57.6 cm³/mol. The minimum atomic E-state index is 0.350. The van der Waals surface area contributed by atoms with Gasteiger partial charge in [0.2, 0.25) is 0 Å². The Morgan fingerprint density at radius 1 is 1.21 bits per heavy atom. The summed E-state index contributed by atoms with van der Waals surface area (Å²) in [4.78, 5) is 0. The molecule has 0 bridgehead atoms. The summed E-state index contributed by atoms with van der Waals surface area (Å²) < 4.78 is 5.13. The lowest BCUT2D eigenvalue weighted by atomic mass is 9.95. The van der Waals surface area contributed by atoms with Crippen LogP contribution >= 0.6 is 0 Å². The lowest BCUT2D eigenvalue weighted by molar-refractivity contribution is 0.414. The first-order valence-electron chi connectivity index (χ1n) is 5.21. The molecule has 0 spiro atoms. The molecule has 0 radical (unpaired) electrons. The van der Waals surface area contributed by atoms with Crippen LogP contribution in [0.15, 0.2) is 24.3 Å². The molecule has 1 aromatic rings. The fourth-order valence-corrected chi connectivity index (χ4v) is 2.25. The highest BCUT2D eigenvalue weighted by Gasteiger charge is 2.24. The van der Waals surface area contributed by atoms with Crippen LogP contribution in [0.5, 0.6) is 5.75 Å². The van der Waals surface area contributed by atoms with Crippen LogP contribution in [0.4, 0.5) is 0 Å². The Bertz CT molecular complexity index is 294. The molecule has 2 atom stereocenters. The molecule has 2 nitrogen and oxygen atoms in total. The second kappa shape index (κ2) is 4.01. The van der Waals surface area contributed by atoms with Crippen molar-refractivity contribution in [3.8, 4) is 5.75 Å². The third-order valence-corrected chi connectivity index (χ3v) is 3.11. The molecule has 2 N–H and O–H groups in total. The van der Waals surface area contributed by atoms with Gasteiger partial charge in [-0.05, 0) is 36.5 Å². The van der Waals surface area contributed by atoms with Gasteiger partial charge in [-0.25, -0.2) is 0 Å². The van der Waals surface area contributed by atoms with E-state index in [4.69, 9.17) is 10.5 Å². The monoisotopic (exact) mass is 191 g/mol. The third-order valence-electron chi connectivity index (χ3n) is 3.11. The fraction of sp³-hybridized carbons (Fsp3) is 0.500. The first-order chi connectivity index (χ1) is 6.81. The number of nitrogens with two attached hydrogens (primary N) is 1. The van der Waals surface area contributed by atoms with E-state index >= 15 is 0 Å². The second-order valence-corrected chi connectivity index (χ2v) is 3.97. The zero-order chi connectivity index (χ0) is 9.97. The van der Waals surface area contributed by atoms with E-state index in [1.165, 1.54) is 18.4 Å². The van der Waals surface area contributed by atoms with E-state index in [0.717, 1.165) is 12.2 Å².